The van der Waals surface area contributed by atoms with E-state index in [2.05, 4.69) is 37.6 Å². The summed E-state index contributed by atoms with van der Waals surface area (Å²) in [6.45, 7) is 13.0. The minimum Gasteiger partial charge on any atom is -0.494 e. The molecule has 328 valence electrons. The van der Waals surface area contributed by atoms with Crippen LogP contribution in [0.3, 0.4) is 0 Å². The number of imidazole rings is 1. The summed E-state index contributed by atoms with van der Waals surface area (Å²) >= 11 is 0. The quantitative estimate of drug-likeness (QED) is 0.0339. The fourth-order valence-electron chi connectivity index (χ4n) is 6.88. The lowest BCUT2D eigenvalue weighted by molar-refractivity contribution is 0.0941. The molecular weight excluding hydrogens is 809 g/mol. The van der Waals surface area contributed by atoms with Crippen molar-refractivity contribution in [3.8, 4) is 11.5 Å². The van der Waals surface area contributed by atoms with E-state index in [1.807, 2.05) is 43.9 Å². The number of carbonyl (C=O) groups is 4. The van der Waals surface area contributed by atoms with Gasteiger partial charge in [0, 0.05) is 43.5 Å². The summed E-state index contributed by atoms with van der Waals surface area (Å²) < 4.78 is 18.6. The number of nitrogens with zero attached hydrogens (tertiary/aromatic N) is 10. The first-order valence-electron chi connectivity index (χ1n) is 20.0. The van der Waals surface area contributed by atoms with Crippen molar-refractivity contribution in [3.63, 3.8) is 0 Å². The van der Waals surface area contributed by atoms with Gasteiger partial charge < -0.3 is 35.7 Å². The maximum absolute atomic E-state index is 13.7. The van der Waals surface area contributed by atoms with Crippen molar-refractivity contribution < 1.29 is 28.7 Å². The summed E-state index contributed by atoms with van der Waals surface area (Å²) in [6.07, 6.45) is 11.3. The lowest BCUT2D eigenvalue weighted by Crippen LogP contribution is -2.39. The molecule has 0 atom stereocenters. The van der Waals surface area contributed by atoms with E-state index in [-0.39, 0.29) is 43.8 Å². The molecule has 0 radical (unpaired) electrons. The minimum atomic E-state index is -0.673. The van der Waals surface area contributed by atoms with Crippen LogP contribution in [0.5, 0.6) is 11.5 Å². The molecule has 0 aliphatic heterocycles. The first-order valence-corrected chi connectivity index (χ1v) is 20.0. The van der Waals surface area contributed by atoms with Crippen LogP contribution in [0.1, 0.15) is 66.9 Å². The lowest BCUT2D eigenvalue weighted by Gasteiger charge is -2.27. The van der Waals surface area contributed by atoms with Gasteiger partial charge in [-0.25, -0.2) is 4.98 Å². The number of ether oxygens (including phenoxy) is 2. The molecule has 0 bridgehead atoms. The van der Waals surface area contributed by atoms with Crippen LogP contribution in [0.4, 0.5) is 23.0 Å². The van der Waals surface area contributed by atoms with E-state index in [4.69, 9.17) is 25.9 Å². The Morgan fingerprint density at radius 1 is 0.921 bits per heavy atom. The van der Waals surface area contributed by atoms with Crippen molar-refractivity contribution in [1.82, 2.24) is 44.2 Å². The van der Waals surface area contributed by atoms with Gasteiger partial charge in [-0.2, -0.15) is 15.3 Å². The second-order valence-corrected chi connectivity index (χ2v) is 14.2. The summed E-state index contributed by atoms with van der Waals surface area (Å²) in [5.41, 5.74) is 16.2. The minimum absolute atomic E-state index is 0.0312. The molecule has 4 aromatic heterocycles. The fourth-order valence-corrected chi connectivity index (χ4v) is 6.88. The van der Waals surface area contributed by atoms with Crippen molar-refractivity contribution >= 4 is 64.8 Å². The summed E-state index contributed by atoms with van der Waals surface area (Å²) in [4.78, 5) is 62.4. The Morgan fingerprint density at radius 3 is 2.24 bits per heavy atom. The number of nitrogen functional groups attached to an aromatic ring is 1. The van der Waals surface area contributed by atoms with E-state index in [0.29, 0.717) is 93.9 Å². The number of hydrogen-bond acceptors (Lipinski definition) is 13. The summed E-state index contributed by atoms with van der Waals surface area (Å²) in [6, 6.07) is 9.62. The first kappa shape index (κ1) is 44.5. The van der Waals surface area contributed by atoms with Gasteiger partial charge >= 0.3 is 0 Å². The summed E-state index contributed by atoms with van der Waals surface area (Å²) in [5, 5.41) is 18.9. The number of aldehydes is 1. The number of rotatable bonds is 21. The zero-order valence-corrected chi connectivity index (χ0v) is 35.7. The van der Waals surface area contributed by atoms with Crippen molar-refractivity contribution in [2.24, 2.45) is 10.7 Å². The van der Waals surface area contributed by atoms with Crippen LogP contribution in [-0.4, -0.2) is 96.5 Å². The van der Waals surface area contributed by atoms with Crippen LogP contribution in [0.15, 0.2) is 78.1 Å². The molecule has 0 saturated heterocycles. The third kappa shape index (κ3) is 10.3. The van der Waals surface area contributed by atoms with Crippen LogP contribution < -0.4 is 36.5 Å². The molecule has 0 saturated carbocycles. The van der Waals surface area contributed by atoms with Crippen LogP contribution in [0, 0.1) is 13.8 Å². The van der Waals surface area contributed by atoms with Crippen molar-refractivity contribution in [2.75, 3.05) is 42.9 Å². The third-order valence-corrected chi connectivity index (χ3v) is 9.76. The van der Waals surface area contributed by atoms with Crippen molar-refractivity contribution in [2.45, 2.75) is 53.9 Å². The normalized spacial score (nSPS) is 11.4. The zero-order chi connectivity index (χ0) is 45.2. The predicted molar refractivity (Wildman–Crippen MR) is 239 cm³/mol. The molecule has 6 N–H and O–H groups in total. The standard InChI is InChI=1S/C43H50N14O6/c1-7-56-34(17-27(3)51-56)41(60)47-26-53(38-32(46-5)19-29(25-58)20-37(38)63-16-12-11-14-54-24-31(44)23-48-54)13-9-10-15-55-39-33(21-30(40(45)59)22-36(39)62-6)49-43(55)50-42(61)35-18-28(4)52-57(35)8-2/h9-12,17-25H,5,7-8,13-16,26,44H2,1-4,6H3,(H2,45,59)(H,47,60)(H,49,50,61)/b10-9+,12-11+. The Balaban J connectivity index is 1.35. The maximum atomic E-state index is 13.7. The highest BCUT2D eigenvalue weighted by molar-refractivity contribution is 6.04. The summed E-state index contributed by atoms with van der Waals surface area (Å²) in [5.74, 6) is -0.673. The van der Waals surface area contributed by atoms with Crippen molar-refractivity contribution in [3.05, 3.63) is 107 Å². The van der Waals surface area contributed by atoms with E-state index in [1.54, 1.807) is 68.3 Å². The molecule has 0 aliphatic carbocycles. The number of allylic oxidation sites excluding steroid dienone is 2. The van der Waals surface area contributed by atoms with E-state index < -0.39 is 11.8 Å². The highest BCUT2D eigenvalue weighted by Crippen LogP contribution is 2.39. The van der Waals surface area contributed by atoms with Gasteiger partial charge in [0.05, 0.1) is 54.8 Å². The Bertz CT molecular complexity index is 2720. The number of aliphatic imine (C=N–C) groups is 1. The van der Waals surface area contributed by atoms with Gasteiger partial charge in [0.25, 0.3) is 11.8 Å². The number of nitrogens with one attached hydrogen (secondary N) is 2. The number of nitrogens with two attached hydrogens (primary N) is 2. The topological polar surface area (TPSA) is 250 Å². The molecule has 3 amide bonds. The third-order valence-electron chi connectivity index (χ3n) is 9.76. The smallest absolute Gasteiger partial charge is 0.276 e. The number of benzene rings is 2. The van der Waals surface area contributed by atoms with Gasteiger partial charge in [0.15, 0.2) is 0 Å². The number of primary amides is 1. The second-order valence-electron chi connectivity index (χ2n) is 14.2. The molecule has 6 rings (SSSR count). The number of hydrogen-bond donors (Lipinski definition) is 4. The Labute approximate surface area is 362 Å². The molecule has 0 unspecified atom stereocenters. The number of methoxy groups -OCH3 is 1. The number of fused-ring (bicyclic) bond motifs is 1. The monoisotopic (exact) mass is 858 g/mol. The highest BCUT2D eigenvalue weighted by atomic mass is 16.5. The Morgan fingerprint density at radius 2 is 1.62 bits per heavy atom. The molecular formula is C43H50N14O6. The van der Waals surface area contributed by atoms with Gasteiger partial charge in [-0.1, -0.05) is 18.2 Å². The van der Waals surface area contributed by atoms with Gasteiger partial charge in [0.1, 0.15) is 47.0 Å². The van der Waals surface area contributed by atoms with Crippen LogP contribution in [-0.2, 0) is 26.2 Å². The van der Waals surface area contributed by atoms with E-state index in [9.17, 15) is 19.2 Å². The zero-order valence-electron chi connectivity index (χ0n) is 35.7. The average Bonchev–Trinajstić information content (AvgIpc) is 4.06. The SMILES string of the molecule is C=Nc1cc(C=O)cc(OC/C=C/Cn2cc(N)cn2)c1N(C/C=C/Cn1c(NC(=O)c2cc(C)nn2CC)nc2cc(C(N)=O)cc(OC)c21)CNC(=O)c1cc(C)nn1CC. The lowest BCUT2D eigenvalue weighted by atomic mass is 10.1. The molecule has 63 heavy (non-hydrogen) atoms. The van der Waals surface area contributed by atoms with Gasteiger partial charge in [-0.3, -0.25) is 43.5 Å². The molecule has 0 aliphatic rings. The van der Waals surface area contributed by atoms with Crippen LogP contribution >= 0.6 is 0 Å². The molecule has 4 heterocycles. The number of aromatic nitrogens is 8. The largest absolute Gasteiger partial charge is 0.494 e. The molecule has 2 aromatic carbocycles. The highest BCUT2D eigenvalue weighted by Gasteiger charge is 2.23. The van der Waals surface area contributed by atoms with E-state index >= 15 is 0 Å². The number of aryl methyl sites for hydroxylation is 4. The number of amides is 3. The summed E-state index contributed by atoms with van der Waals surface area (Å²) in [7, 11) is 1.46. The molecule has 0 fully saturated rings. The number of anilines is 3. The van der Waals surface area contributed by atoms with Gasteiger partial charge in [-0.05, 0) is 76.9 Å². The Hall–Kier alpha value is -8.03. The van der Waals surface area contributed by atoms with E-state index in [1.165, 1.54) is 19.2 Å². The molecule has 20 heteroatoms. The molecule has 20 nitrogen and oxygen atoms in total. The first-order chi connectivity index (χ1) is 30.4. The second kappa shape index (κ2) is 20.0. The van der Waals surface area contributed by atoms with Gasteiger partial charge in [-0.15, -0.1) is 0 Å². The van der Waals surface area contributed by atoms with Crippen LogP contribution in [0.25, 0.3) is 11.0 Å². The average molecular weight is 859 g/mol. The predicted octanol–water partition coefficient (Wildman–Crippen LogP) is 4.45. The van der Waals surface area contributed by atoms with Crippen LogP contribution in [0.2, 0.25) is 0 Å². The molecule has 6 aromatic rings. The van der Waals surface area contributed by atoms with E-state index in [0.717, 1.165) is 0 Å². The van der Waals surface area contributed by atoms with Crippen molar-refractivity contribution in [1.29, 1.82) is 0 Å². The maximum Gasteiger partial charge on any atom is 0.276 e. The fraction of sp³-hybridized carbons (Fsp3) is 0.279. The van der Waals surface area contributed by atoms with Gasteiger partial charge in [0.2, 0.25) is 11.9 Å². The molecule has 0 spiro atoms. The Kier molecular flexibility index (Phi) is 14.1. The number of carbonyl (C=O) groups excluding carboxylic acids is 4.